The highest BCUT2D eigenvalue weighted by Gasteiger charge is 2.00. The average molecular weight is 260 g/mol. The number of pyridine rings is 2. The molecule has 100 valence electrons. The van der Waals surface area contributed by atoms with E-state index in [0.29, 0.717) is 0 Å². The van der Waals surface area contributed by atoms with Gasteiger partial charge in [0.25, 0.3) is 0 Å². The van der Waals surface area contributed by atoms with Gasteiger partial charge >= 0.3 is 0 Å². The zero-order valence-corrected chi connectivity index (χ0v) is 11.0. The molecule has 4 nitrogen and oxygen atoms in total. The number of unbranched alkanes of at least 4 members (excludes halogenated alkanes) is 2. The van der Waals surface area contributed by atoms with Crippen LogP contribution in [0.15, 0.2) is 61.2 Å². The second-order valence-electron chi connectivity index (χ2n) is 4.20. The van der Waals surface area contributed by atoms with E-state index >= 15 is 0 Å². The fourth-order valence-corrected chi connectivity index (χ4v) is 1.66. The molecule has 2 aromatic rings. The van der Waals surface area contributed by atoms with Crippen LogP contribution in [0.3, 0.4) is 0 Å². The molecule has 0 aromatic carbocycles. The maximum atomic E-state index is 5.54. The van der Waals surface area contributed by atoms with Crippen molar-refractivity contribution in [2.45, 2.75) is 19.3 Å². The van der Waals surface area contributed by atoms with E-state index in [1.807, 2.05) is 61.2 Å². The van der Waals surface area contributed by atoms with Gasteiger partial charge in [0.1, 0.15) is 0 Å². The van der Waals surface area contributed by atoms with Gasteiger partial charge in [0.15, 0.2) is 13.2 Å². The Labute approximate surface area is 113 Å². The lowest BCUT2D eigenvalue weighted by Gasteiger charge is -1.99. The highest BCUT2D eigenvalue weighted by molar-refractivity contribution is 4.83. The Morgan fingerprint density at radius 1 is 0.526 bits per heavy atom. The van der Waals surface area contributed by atoms with Crippen LogP contribution >= 0.6 is 0 Å². The lowest BCUT2D eigenvalue weighted by Crippen LogP contribution is -2.42. The summed E-state index contributed by atoms with van der Waals surface area (Å²) < 4.78 is 3.46. The maximum absolute atomic E-state index is 5.54. The zero-order chi connectivity index (χ0) is 13.2. The fourth-order valence-electron chi connectivity index (χ4n) is 1.66. The van der Waals surface area contributed by atoms with Gasteiger partial charge in [-0.05, 0) is 19.3 Å². The standard InChI is InChI=1S/C15H20N2O2/c1-4-10-16(11-5-1)18-14-8-3-9-15-19-17-12-6-2-7-13-17/h1-2,4-7,10-13H,3,8-9,14-15H2/q+2. The van der Waals surface area contributed by atoms with E-state index in [-0.39, 0.29) is 0 Å². The molecule has 2 rings (SSSR count). The van der Waals surface area contributed by atoms with Crippen molar-refractivity contribution in [3.63, 3.8) is 0 Å². The maximum Gasteiger partial charge on any atom is 0.222 e. The summed E-state index contributed by atoms with van der Waals surface area (Å²) in [7, 11) is 0. The normalized spacial score (nSPS) is 10.1. The lowest BCUT2D eigenvalue weighted by atomic mass is 10.2. The Bertz CT molecular complexity index is 405. The third kappa shape index (κ3) is 5.38. The number of rotatable bonds is 8. The van der Waals surface area contributed by atoms with Gasteiger partial charge in [-0.1, -0.05) is 12.1 Å². The molecule has 0 bridgehead atoms. The zero-order valence-electron chi connectivity index (χ0n) is 11.0. The number of hydrogen-bond acceptors (Lipinski definition) is 2. The molecule has 0 atom stereocenters. The van der Waals surface area contributed by atoms with E-state index in [9.17, 15) is 0 Å². The molecule has 0 N–H and O–H groups in total. The highest BCUT2D eigenvalue weighted by Crippen LogP contribution is 1.92. The third-order valence-corrected chi connectivity index (χ3v) is 2.65. The van der Waals surface area contributed by atoms with Crippen molar-refractivity contribution in [1.82, 2.24) is 0 Å². The van der Waals surface area contributed by atoms with E-state index in [1.165, 1.54) is 0 Å². The molecule has 0 saturated heterocycles. The smallest absolute Gasteiger partial charge is 0.222 e. The molecule has 0 fully saturated rings. The molecule has 0 aliphatic heterocycles. The lowest BCUT2D eigenvalue weighted by molar-refractivity contribution is -0.892. The van der Waals surface area contributed by atoms with Crippen molar-refractivity contribution in [3.05, 3.63) is 61.2 Å². The summed E-state index contributed by atoms with van der Waals surface area (Å²) in [4.78, 5) is 11.1. The summed E-state index contributed by atoms with van der Waals surface area (Å²) in [5.41, 5.74) is 0. The molecule has 19 heavy (non-hydrogen) atoms. The van der Waals surface area contributed by atoms with Gasteiger partial charge in [0.2, 0.25) is 24.8 Å². The van der Waals surface area contributed by atoms with Crippen molar-refractivity contribution < 1.29 is 19.1 Å². The summed E-state index contributed by atoms with van der Waals surface area (Å²) in [6.45, 7) is 1.46. The number of hydrogen-bond donors (Lipinski definition) is 0. The summed E-state index contributed by atoms with van der Waals surface area (Å²) in [6.07, 6.45) is 10.8. The molecule has 0 amide bonds. The van der Waals surface area contributed by atoms with Crippen LogP contribution in [0.25, 0.3) is 0 Å². The van der Waals surface area contributed by atoms with Crippen molar-refractivity contribution in [2.75, 3.05) is 13.2 Å². The number of aromatic nitrogens is 2. The molecule has 2 aromatic heterocycles. The van der Waals surface area contributed by atoms with Crippen LogP contribution in [0.1, 0.15) is 19.3 Å². The molecular formula is C15H20N2O2+2. The summed E-state index contributed by atoms with van der Waals surface area (Å²) in [5, 5.41) is 0. The highest BCUT2D eigenvalue weighted by atomic mass is 16.7. The predicted octanol–water partition coefficient (Wildman–Crippen LogP) is 0.989. The van der Waals surface area contributed by atoms with Gasteiger partial charge in [-0.25, -0.2) is 0 Å². The third-order valence-electron chi connectivity index (χ3n) is 2.65. The second-order valence-corrected chi connectivity index (χ2v) is 4.20. The van der Waals surface area contributed by atoms with Crippen LogP contribution in [-0.2, 0) is 0 Å². The van der Waals surface area contributed by atoms with Gasteiger partial charge in [0.05, 0.1) is 0 Å². The first kappa shape index (κ1) is 13.3. The molecule has 0 radical (unpaired) electrons. The van der Waals surface area contributed by atoms with Crippen molar-refractivity contribution >= 4 is 0 Å². The van der Waals surface area contributed by atoms with Crippen molar-refractivity contribution in [3.8, 4) is 0 Å². The Balaban J connectivity index is 1.49. The number of nitrogens with zero attached hydrogens (tertiary/aromatic N) is 2. The van der Waals surface area contributed by atoms with E-state index in [4.69, 9.17) is 9.68 Å². The van der Waals surface area contributed by atoms with Crippen LogP contribution in [0.5, 0.6) is 0 Å². The van der Waals surface area contributed by atoms with Gasteiger partial charge in [-0.15, -0.1) is 0 Å². The fraction of sp³-hybridized carbons (Fsp3) is 0.333. The Morgan fingerprint density at radius 3 is 1.37 bits per heavy atom. The first-order valence-electron chi connectivity index (χ1n) is 6.64. The molecule has 0 spiro atoms. The van der Waals surface area contributed by atoms with E-state index in [1.54, 1.807) is 9.46 Å². The Morgan fingerprint density at radius 2 is 0.947 bits per heavy atom. The van der Waals surface area contributed by atoms with Crippen molar-refractivity contribution in [2.24, 2.45) is 0 Å². The molecule has 4 heteroatoms. The summed E-state index contributed by atoms with van der Waals surface area (Å²) in [5.74, 6) is 0. The van der Waals surface area contributed by atoms with Gasteiger partial charge in [0, 0.05) is 33.7 Å². The average Bonchev–Trinajstić information content (AvgIpc) is 2.48. The SMILES string of the molecule is c1cc[n+](OCCCCCO[n+]2ccccc2)cc1. The van der Waals surface area contributed by atoms with Crippen LogP contribution in [0.2, 0.25) is 0 Å². The van der Waals surface area contributed by atoms with Crippen LogP contribution in [-0.4, -0.2) is 13.2 Å². The second kappa shape index (κ2) is 8.08. The van der Waals surface area contributed by atoms with Crippen LogP contribution in [0, 0.1) is 0 Å². The van der Waals surface area contributed by atoms with Gasteiger partial charge in [-0.2, -0.15) is 0 Å². The first-order chi connectivity index (χ1) is 9.45. The topological polar surface area (TPSA) is 26.2 Å². The van der Waals surface area contributed by atoms with Gasteiger partial charge in [-0.3, -0.25) is 9.68 Å². The predicted molar refractivity (Wildman–Crippen MR) is 70.0 cm³/mol. The van der Waals surface area contributed by atoms with E-state index < -0.39 is 0 Å². The van der Waals surface area contributed by atoms with Crippen LogP contribution < -0.4 is 19.1 Å². The Hall–Kier alpha value is -2.10. The van der Waals surface area contributed by atoms with Gasteiger partial charge < -0.3 is 0 Å². The molecule has 0 aliphatic carbocycles. The molecule has 0 unspecified atom stereocenters. The summed E-state index contributed by atoms with van der Waals surface area (Å²) >= 11 is 0. The van der Waals surface area contributed by atoms with Crippen LogP contribution in [0.4, 0.5) is 0 Å². The Kier molecular flexibility index (Phi) is 5.67. The van der Waals surface area contributed by atoms with Crippen molar-refractivity contribution in [1.29, 1.82) is 0 Å². The minimum absolute atomic E-state index is 0.729. The minimum atomic E-state index is 0.729. The molecular weight excluding hydrogens is 240 g/mol. The van der Waals surface area contributed by atoms with E-state index in [2.05, 4.69) is 0 Å². The quantitative estimate of drug-likeness (QED) is 0.522. The largest absolute Gasteiger partial charge is 0.271 e. The van der Waals surface area contributed by atoms with E-state index in [0.717, 1.165) is 32.5 Å². The molecule has 2 heterocycles. The molecule has 0 aliphatic rings. The molecule has 0 saturated carbocycles. The minimum Gasteiger partial charge on any atom is -0.271 e. The first-order valence-corrected chi connectivity index (χ1v) is 6.64. The summed E-state index contributed by atoms with van der Waals surface area (Å²) in [6, 6.07) is 11.7. The monoisotopic (exact) mass is 260 g/mol.